The van der Waals surface area contributed by atoms with E-state index >= 15 is 0 Å². The van der Waals surface area contributed by atoms with Crippen molar-refractivity contribution in [3.63, 3.8) is 0 Å². The third kappa shape index (κ3) is 3.24. The second-order valence-corrected chi connectivity index (χ2v) is 8.02. The molecule has 1 heterocycles. The van der Waals surface area contributed by atoms with E-state index in [1.807, 2.05) is 33.8 Å². The van der Waals surface area contributed by atoms with Crippen LogP contribution in [0.2, 0.25) is 0 Å². The Morgan fingerprint density at radius 2 is 2.05 bits per heavy atom. The van der Waals surface area contributed by atoms with E-state index in [1.165, 1.54) is 0 Å². The maximum absolute atomic E-state index is 13.0. The molecule has 0 amide bonds. The van der Waals surface area contributed by atoms with Crippen molar-refractivity contribution in [3.05, 3.63) is 23.3 Å². The highest BCUT2D eigenvalue weighted by Gasteiger charge is 2.28. The van der Waals surface area contributed by atoms with Gasteiger partial charge in [0.15, 0.2) is 0 Å². The molecule has 2 rings (SSSR count). The molecule has 118 valence electrons. The van der Waals surface area contributed by atoms with Crippen LogP contribution in [-0.4, -0.2) is 32.4 Å². The monoisotopic (exact) mass is 310 g/mol. The van der Waals surface area contributed by atoms with E-state index in [0.717, 1.165) is 36.2 Å². The van der Waals surface area contributed by atoms with Crippen LogP contribution in [0.1, 0.15) is 38.3 Å². The Hall–Kier alpha value is -1.07. The van der Waals surface area contributed by atoms with Crippen LogP contribution in [-0.2, 0) is 16.4 Å². The third-order valence-corrected chi connectivity index (χ3v) is 5.95. The van der Waals surface area contributed by atoms with Crippen LogP contribution in [0.15, 0.2) is 17.0 Å². The molecule has 1 aliphatic rings. The van der Waals surface area contributed by atoms with Gasteiger partial charge >= 0.3 is 0 Å². The second-order valence-electron chi connectivity index (χ2n) is 6.11. The lowest BCUT2D eigenvalue weighted by atomic mass is 10.00. The van der Waals surface area contributed by atoms with Crippen LogP contribution in [0, 0.1) is 12.8 Å². The highest BCUT2D eigenvalue weighted by Crippen LogP contribution is 2.33. The average molecular weight is 310 g/mol. The number of fused-ring (bicyclic) bond motifs is 1. The normalized spacial score (nSPS) is 15.1. The second kappa shape index (κ2) is 6.36. The predicted molar refractivity (Wildman–Crippen MR) is 87.3 cm³/mol. The van der Waals surface area contributed by atoms with E-state index in [0.29, 0.717) is 23.9 Å². The van der Waals surface area contributed by atoms with Gasteiger partial charge in [-0.2, -0.15) is 4.31 Å². The van der Waals surface area contributed by atoms with Crippen molar-refractivity contribution in [2.24, 2.45) is 5.92 Å². The van der Waals surface area contributed by atoms with Gasteiger partial charge in [-0.05, 0) is 42.9 Å². The summed E-state index contributed by atoms with van der Waals surface area (Å²) in [6.45, 7) is 10.0. The first-order valence-electron chi connectivity index (χ1n) is 7.74. The van der Waals surface area contributed by atoms with Gasteiger partial charge in [0.05, 0.1) is 4.90 Å². The van der Waals surface area contributed by atoms with E-state index < -0.39 is 10.0 Å². The minimum Gasteiger partial charge on any atom is -0.385 e. The maximum atomic E-state index is 13.0. The molecule has 4 nitrogen and oxygen atoms in total. The van der Waals surface area contributed by atoms with Crippen molar-refractivity contribution >= 4 is 15.7 Å². The fourth-order valence-electron chi connectivity index (χ4n) is 2.90. The molecule has 1 aromatic rings. The number of sulfonamides is 1. The molecular formula is C16H26N2O2S. The summed E-state index contributed by atoms with van der Waals surface area (Å²) in [5.74, 6) is 0.319. The number of benzene rings is 1. The molecule has 5 heteroatoms. The van der Waals surface area contributed by atoms with Crippen LogP contribution in [0.4, 0.5) is 5.69 Å². The molecule has 1 aromatic carbocycles. The standard InChI is InChI=1S/C16H26N2O2S/c1-5-18(11-12(2)3)21(19,20)15-9-8-13(4)16-14(15)7-6-10-17-16/h8-9,12,17H,5-7,10-11H2,1-4H3. The number of nitrogens with one attached hydrogen (secondary N) is 1. The van der Waals surface area contributed by atoms with Gasteiger partial charge < -0.3 is 5.32 Å². The van der Waals surface area contributed by atoms with Crippen molar-refractivity contribution < 1.29 is 8.42 Å². The minimum atomic E-state index is -3.41. The molecule has 0 spiro atoms. The molecule has 0 unspecified atom stereocenters. The number of hydrogen-bond donors (Lipinski definition) is 1. The summed E-state index contributed by atoms with van der Waals surface area (Å²) in [6, 6.07) is 3.69. The Morgan fingerprint density at radius 3 is 2.67 bits per heavy atom. The first-order chi connectivity index (χ1) is 9.87. The zero-order chi connectivity index (χ0) is 15.6. The molecular weight excluding hydrogens is 284 g/mol. The summed E-state index contributed by atoms with van der Waals surface area (Å²) >= 11 is 0. The molecule has 0 radical (unpaired) electrons. The number of rotatable bonds is 5. The van der Waals surface area contributed by atoms with Crippen LogP contribution in [0.25, 0.3) is 0 Å². The van der Waals surface area contributed by atoms with Crippen molar-refractivity contribution in [3.8, 4) is 0 Å². The molecule has 0 atom stereocenters. The van der Waals surface area contributed by atoms with E-state index in [4.69, 9.17) is 0 Å². The third-order valence-electron chi connectivity index (χ3n) is 3.92. The highest BCUT2D eigenvalue weighted by molar-refractivity contribution is 7.89. The lowest BCUT2D eigenvalue weighted by Crippen LogP contribution is -2.35. The first-order valence-corrected chi connectivity index (χ1v) is 9.18. The van der Waals surface area contributed by atoms with Crippen LogP contribution < -0.4 is 5.32 Å². The summed E-state index contributed by atoms with van der Waals surface area (Å²) < 4.78 is 27.6. The molecule has 0 bridgehead atoms. The summed E-state index contributed by atoms with van der Waals surface area (Å²) in [7, 11) is -3.41. The van der Waals surface area contributed by atoms with E-state index in [-0.39, 0.29) is 0 Å². The molecule has 0 saturated heterocycles. The van der Waals surface area contributed by atoms with Gasteiger partial charge in [-0.3, -0.25) is 0 Å². The van der Waals surface area contributed by atoms with Gasteiger partial charge in [0.1, 0.15) is 0 Å². The Labute approximate surface area is 128 Å². The Morgan fingerprint density at radius 1 is 1.33 bits per heavy atom. The van der Waals surface area contributed by atoms with Crippen molar-refractivity contribution in [1.29, 1.82) is 0 Å². The number of aryl methyl sites for hydroxylation is 1. The molecule has 0 aromatic heterocycles. The Balaban J connectivity index is 2.49. The largest absolute Gasteiger partial charge is 0.385 e. The number of anilines is 1. The predicted octanol–water partition coefficient (Wildman–Crippen LogP) is 3.02. The van der Waals surface area contributed by atoms with Gasteiger partial charge in [0.25, 0.3) is 0 Å². The summed E-state index contributed by atoms with van der Waals surface area (Å²) in [6.07, 6.45) is 1.81. The topological polar surface area (TPSA) is 49.4 Å². The van der Waals surface area contributed by atoms with Gasteiger partial charge in [-0.1, -0.05) is 26.8 Å². The van der Waals surface area contributed by atoms with Crippen LogP contribution >= 0.6 is 0 Å². The molecule has 0 saturated carbocycles. The quantitative estimate of drug-likeness (QED) is 0.909. The van der Waals surface area contributed by atoms with Crippen LogP contribution in [0.3, 0.4) is 0 Å². The molecule has 1 N–H and O–H groups in total. The maximum Gasteiger partial charge on any atom is 0.243 e. The van der Waals surface area contributed by atoms with Gasteiger partial charge in [0.2, 0.25) is 10.0 Å². The minimum absolute atomic E-state index is 0.319. The van der Waals surface area contributed by atoms with Crippen molar-refractivity contribution in [2.75, 3.05) is 25.0 Å². The van der Waals surface area contributed by atoms with Crippen LogP contribution in [0.5, 0.6) is 0 Å². The fourth-order valence-corrected chi connectivity index (χ4v) is 4.77. The van der Waals surface area contributed by atoms with Gasteiger partial charge in [-0.15, -0.1) is 0 Å². The number of hydrogen-bond acceptors (Lipinski definition) is 3. The summed E-state index contributed by atoms with van der Waals surface area (Å²) in [5, 5.41) is 3.36. The summed E-state index contributed by atoms with van der Waals surface area (Å²) in [4.78, 5) is 0.484. The Bertz CT molecular complexity index is 609. The zero-order valence-electron chi connectivity index (χ0n) is 13.4. The summed E-state index contributed by atoms with van der Waals surface area (Å²) in [5.41, 5.74) is 3.10. The van der Waals surface area contributed by atoms with E-state index in [9.17, 15) is 8.42 Å². The van der Waals surface area contributed by atoms with Gasteiger partial charge in [0, 0.05) is 25.3 Å². The SMILES string of the molecule is CCN(CC(C)C)S(=O)(=O)c1ccc(C)c2c1CCCN2. The van der Waals surface area contributed by atoms with E-state index in [2.05, 4.69) is 5.32 Å². The lowest BCUT2D eigenvalue weighted by Gasteiger charge is -2.27. The van der Waals surface area contributed by atoms with Gasteiger partial charge in [-0.25, -0.2) is 8.42 Å². The van der Waals surface area contributed by atoms with Crippen molar-refractivity contribution in [2.45, 2.75) is 45.4 Å². The average Bonchev–Trinajstić information content (AvgIpc) is 2.44. The molecule has 21 heavy (non-hydrogen) atoms. The molecule has 0 aliphatic carbocycles. The zero-order valence-corrected chi connectivity index (χ0v) is 14.3. The highest BCUT2D eigenvalue weighted by atomic mass is 32.2. The molecule has 1 aliphatic heterocycles. The number of nitrogens with zero attached hydrogens (tertiary/aromatic N) is 1. The smallest absolute Gasteiger partial charge is 0.243 e. The first kappa shape index (κ1) is 16.3. The fraction of sp³-hybridized carbons (Fsp3) is 0.625. The Kier molecular flexibility index (Phi) is 4.94. The molecule has 0 fully saturated rings. The van der Waals surface area contributed by atoms with Crippen molar-refractivity contribution in [1.82, 2.24) is 4.31 Å². The lowest BCUT2D eigenvalue weighted by molar-refractivity contribution is 0.380. The van der Waals surface area contributed by atoms with E-state index in [1.54, 1.807) is 10.4 Å².